The molecule has 3 heterocycles. The highest BCUT2D eigenvalue weighted by atomic mass is 35.5. The fourth-order valence-corrected chi connectivity index (χ4v) is 4.27. The van der Waals surface area contributed by atoms with Crippen LogP contribution < -0.4 is 10.1 Å². The van der Waals surface area contributed by atoms with Crippen LogP contribution in [-0.4, -0.2) is 46.7 Å². The van der Waals surface area contributed by atoms with Crippen LogP contribution >= 0.6 is 11.6 Å². The number of ketones is 1. The molecule has 0 aliphatic heterocycles. The number of aromatic nitrogens is 7. The van der Waals surface area contributed by atoms with Gasteiger partial charge in [-0.1, -0.05) is 45.2 Å². The number of nitrogens with one attached hydrogen (secondary N) is 1. The largest absolute Gasteiger partial charge is 0.438 e. The molecule has 4 aromatic rings. The molecule has 11 nitrogen and oxygen atoms in total. The predicted octanol–water partition coefficient (Wildman–Crippen LogP) is 6.13. The Balaban J connectivity index is 1.74. The SMILES string of the molecule is CCCC[C@@H](C)C(=O)Nc1cnn(C(F)F)c1-c1ccnc(O/C(=C\C(=O)CC)c2cc(Cl)ccc2-n2cnnn2)c1. The summed E-state index contributed by atoms with van der Waals surface area (Å²) in [6.45, 7) is 2.52. The third-order valence-corrected chi connectivity index (χ3v) is 6.59. The molecule has 1 N–H and O–H groups in total. The molecule has 1 amide bonds. The van der Waals surface area contributed by atoms with E-state index in [1.807, 2.05) is 6.92 Å². The number of hydrogen-bond donors (Lipinski definition) is 1. The Kier molecular flexibility index (Phi) is 10.1. The van der Waals surface area contributed by atoms with E-state index in [4.69, 9.17) is 16.3 Å². The standard InChI is InChI=1S/C28H29ClF2N8O3/c1-4-6-7-17(3)27(41)35-22-15-34-39(28(30)31)26(22)18-10-11-32-25(12-18)42-24(14-20(40)5-2)21-13-19(29)8-9-23(21)38-16-33-36-37-38/h8-17,28H,4-7H2,1-3H3,(H,35,41)/b24-14-/t17-/m1/s1. The third kappa shape index (κ3) is 7.21. The van der Waals surface area contributed by atoms with E-state index in [1.54, 1.807) is 32.0 Å². The van der Waals surface area contributed by atoms with E-state index in [1.165, 1.54) is 41.6 Å². The molecule has 0 spiro atoms. The van der Waals surface area contributed by atoms with Gasteiger partial charge in [-0.3, -0.25) is 9.59 Å². The van der Waals surface area contributed by atoms with Crippen molar-refractivity contribution in [1.82, 2.24) is 35.0 Å². The number of nitrogens with zero attached hydrogens (tertiary/aromatic N) is 7. The van der Waals surface area contributed by atoms with Crippen LogP contribution in [0.1, 0.15) is 58.6 Å². The Hall–Kier alpha value is -4.52. The maximum Gasteiger partial charge on any atom is 0.333 e. The van der Waals surface area contributed by atoms with Gasteiger partial charge in [0.2, 0.25) is 11.8 Å². The van der Waals surface area contributed by atoms with Crippen molar-refractivity contribution in [1.29, 1.82) is 0 Å². The topological polar surface area (TPSA) is 130 Å². The van der Waals surface area contributed by atoms with Crippen LogP contribution in [0, 0.1) is 5.92 Å². The van der Waals surface area contributed by atoms with Crippen molar-refractivity contribution in [2.24, 2.45) is 5.92 Å². The quantitative estimate of drug-likeness (QED) is 0.144. The van der Waals surface area contributed by atoms with Crippen molar-refractivity contribution in [3.8, 4) is 22.8 Å². The Morgan fingerprint density at radius 1 is 1.19 bits per heavy atom. The number of halogens is 3. The second kappa shape index (κ2) is 13.9. The number of anilines is 1. The summed E-state index contributed by atoms with van der Waals surface area (Å²) in [5.74, 6) is -0.800. The number of rotatable bonds is 13. The number of tetrazole rings is 1. The van der Waals surface area contributed by atoms with Crippen LogP contribution in [-0.2, 0) is 9.59 Å². The average molecular weight is 599 g/mol. The zero-order chi connectivity index (χ0) is 30.2. The molecule has 14 heteroatoms. The van der Waals surface area contributed by atoms with E-state index in [-0.39, 0.29) is 52.6 Å². The molecule has 220 valence electrons. The molecule has 0 saturated carbocycles. The maximum atomic E-state index is 14.0. The van der Waals surface area contributed by atoms with Crippen molar-refractivity contribution in [2.45, 2.75) is 53.0 Å². The lowest BCUT2D eigenvalue weighted by atomic mass is 10.0. The third-order valence-electron chi connectivity index (χ3n) is 6.36. The first-order valence-electron chi connectivity index (χ1n) is 13.3. The number of allylic oxidation sites excluding steroid dienone is 1. The molecule has 0 aliphatic carbocycles. The van der Waals surface area contributed by atoms with E-state index in [2.05, 4.69) is 30.9 Å². The molecule has 4 rings (SSSR count). The van der Waals surface area contributed by atoms with Gasteiger partial charge in [0.15, 0.2) is 5.78 Å². The molecule has 1 aromatic carbocycles. The first-order chi connectivity index (χ1) is 20.2. The van der Waals surface area contributed by atoms with Gasteiger partial charge in [-0.2, -0.15) is 18.6 Å². The van der Waals surface area contributed by atoms with Crippen LogP contribution in [0.4, 0.5) is 14.5 Å². The number of carbonyl (C=O) groups is 2. The molecule has 0 unspecified atom stereocenters. The lowest BCUT2D eigenvalue weighted by Crippen LogP contribution is -2.20. The molecule has 0 radical (unpaired) electrons. The number of pyridine rings is 1. The van der Waals surface area contributed by atoms with Crippen LogP contribution in [0.2, 0.25) is 5.02 Å². The van der Waals surface area contributed by atoms with Gasteiger partial charge in [-0.05, 0) is 41.1 Å². The van der Waals surface area contributed by atoms with Gasteiger partial charge in [-0.15, -0.1) is 5.10 Å². The van der Waals surface area contributed by atoms with Crippen molar-refractivity contribution in [3.05, 3.63) is 65.7 Å². The lowest BCUT2D eigenvalue weighted by Gasteiger charge is -2.16. The summed E-state index contributed by atoms with van der Waals surface area (Å²) >= 11 is 6.29. The Morgan fingerprint density at radius 2 is 2.00 bits per heavy atom. The minimum atomic E-state index is -2.98. The fourth-order valence-electron chi connectivity index (χ4n) is 4.10. The second-order valence-electron chi connectivity index (χ2n) is 9.39. The fraction of sp³-hybridized carbons (Fsp3) is 0.321. The molecular weight excluding hydrogens is 570 g/mol. The molecular formula is C28H29ClF2N8O3. The lowest BCUT2D eigenvalue weighted by molar-refractivity contribution is -0.119. The summed E-state index contributed by atoms with van der Waals surface area (Å²) in [5, 5.41) is 18.1. The van der Waals surface area contributed by atoms with Crippen LogP contribution in [0.5, 0.6) is 5.88 Å². The number of benzene rings is 1. The monoisotopic (exact) mass is 598 g/mol. The number of carbonyl (C=O) groups excluding carboxylic acids is 2. The van der Waals surface area contributed by atoms with E-state index in [0.29, 0.717) is 27.4 Å². The molecule has 0 aliphatic rings. The van der Waals surface area contributed by atoms with Gasteiger partial charge in [0.05, 0.1) is 23.3 Å². The van der Waals surface area contributed by atoms with Gasteiger partial charge in [-0.25, -0.2) is 9.67 Å². The summed E-state index contributed by atoms with van der Waals surface area (Å²) < 4.78 is 35.9. The van der Waals surface area contributed by atoms with Crippen molar-refractivity contribution in [2.75, 3.05) is 5.32 Å². The molecule has 0 saturated heterocycles. The van der Waals surface area contributed by atoms with Gasteiger partial charge < -0.3 is 10.1 Å². The minimum absolute atomic E-state index is 0.0131. The zero-order valence-electron chi connectivity index (χ0n) is 23.2. The van der Waals surface area contributed by atoms with E-state index in [9.17, 15) is 18.4 Å². The molecule has 0 fully saturated rings. The van der Waals surface area contributed by atoms with Crippen LogP contribution in [0.25, 0.3) is 22.7 Å². The minimum Gasteiger partial charge on any atom is -0.438 e. The number of alkyl halides is 2. The number of ether oxygens (including phenoxy) is 1. The first-order valence-corrected chi connectivity index (χ1v) is 13.7. The summed E-state index contributed by atoms with van der Waals surface area (Å²) in [4.78, 5) is 29.5. The van der Waals surface area contributed by atoms with Gasteiger partial charge in [0.1, 0.15) is 12.1 Å². The predicted molar refractivity (Wildman–Crippen MR) is 152 cm³/mol. The average Bonchev–Trinajstić information content (AvgIpc) is 3.66. The van der Waals surface area contributed by atoms with Crippen LogP contribution in [0.3, 0.4) is 0 Å². The van der Waals surface area contributed by atoms with Crippen molar-refractivity contribution in [3.63, 3.8) is 0 Å². The molecule has 3 aromatic heterocycles. The normalized spacial score (nSPS) is 12.4. The maximum absolute atomic E-state index is 14.0. The first kappa shape index (κ1) is 30.4. The molecule has 1 atom stereocenters. The zero-order valence-corrected chi connectivity index (χ0v) is 23.9. The highest BCUT2D eigenvalue weighted by Gasteiger charge is 2.23. The second-order valence-corrected chi connectivity index (χ2v) is 9.83. The van der Waals surface area contributed by atoms with Gasteiger partial charge >= 0.3 is 6.55 Å². The number of amides is 1. The number of unbranched alkanes of at least 4 members (excludes halogenated alkanes) is 1. The number of hydrogen-bond acceptors (Lipinski definition) is 8. The van der Waals surface area contributed by atoms with E-state index in [0.717, 1.165) is 12.8 Å². The molecule has 0 bridgehead atoms. The highest BCUT2D eigenvalue weighted by molar-refractivity contribution is 6.30. The Morgan fingerprint density at radius 3 is 2.69 bits per heavy atom. The Labute approximate surface area is 245 Å². The van der Waals surface area contributed by atoms with E-state index >= 15 is 0 Å². The smallest absolute Gasteiger partial charge is 0.333 e. The highest BCUT2D eigenvalue weighted by Crippen LogP contribution is 2.34. The summed E-state index contributed by atoms with van der Waals surface area (Å²) in [5.41, 5.74) is 1.19. The Bertz CT molecular complexity index is 1570. The summed E-state index contributed by atoms with van der Waals surface area (Å²) in [7, 11) is 0. The van der Waals surface area contributed by atoms with E-state index < -0.39 is 6.55 Å². The van der Waals surface area contributed by atoms with Crippen molar-refractivity contribution < 1.29 is 23.1 Å². The van der Waals surface area contributed by atoms with Gasteiger partial charge in [0.25, 0.3) is 0 Å². The van der Waals surface area contributed by atoms with Gasteiger partial charge in [0, 0.05) is 46.8 Å². The summed E-state index contributed by atoms with van der Waals surface area (Å²) in [6, 6.07) is 7.77. The summed E-state index contributed by atoms with van der Waals surface area (Å²) in [6.07, 6.45) is 7.85. The van der Waals surface area contributed by atoms with Crippen LogP contribution in [0.15, 0.2) is 55.1 Å². The molecule has 42 heavy (non-hydrogen) atoms. The van der Waals surface area contributed by atoms with Crippen molar-refractivity contribution >= 4 is 34.7 Å².